The minimum absolute atomic E-state index is 0.0745. The van der Waals surface area contributed by atoms with Crippen molar-refractivity contribution in [3.63, 3.8) is 0 Å². The summed E-state index contributed by atoms with van der Waals surface area (Å²) in [7, 11) is -3.61. The highest BCUT2D eigenvalue weighted by Gasteiger charge is 2.45. The predicted molar refractivity (Wildman–Crippen MR) is 126 cm³/mol. The van der Waals surface area contributed by atoms with Gasteiger partial charge in [0.25, 0.3) is 11.8 Å². The third-order valence-corrected chi connectivity index (χ3v) is 8.07. The number of aliphatic hydroxyl groups is 1. The van der Waals surface area contributed by atoms with Gasteiger partial charge >= 0.3 is 0 Å². The summed E-state index contributed by atoms with van der Waals surface area (Å²) in [6, 6.07) is 10.9. The van der Waals surface area contributed by atoms with E-state index in [9.17, 15) is 23.1 Å². The lowest BCUT2D eigenvalue weighted by Gasteiger charge is -2.34. The van der Waals surface area contributed by atoms with E-state index in [4.69, 9.17) is 15.9 Å². The van der Waals surface area contributed by atoms with Crippen molar-refractivity contribution < 1.29 is 27.9 Å². The fourth-order valence-corrected chi connectivity index (χ4v) is 5.06. The molecule has 0 unspecified atom stereocenters. The number of carbonyl (C=O) groups is 2. The number of nitrogens with one attached hydrogen (secondary N) is 3. The van der Waals surface area contributed by atoms with Gasteiger partial charge in [-0.1, -0.05) is 0 Å². The number of hydrogen-bond acceptors (Lipinski definition) is 7. The molecule has 11 nitrogen and oxygen atoms in total. The zero-order valence-corrected chi connectivity index (χ0v) is 19.3. The average Bonchev–Trinajstić information content (AvgIpc) is 2.97. The molecule has 1 saturated heterocycles. The maximum atomic E-state index is 13.1. The van der Waals surface area contributed by atoms with Crippen LogP contribution in [-0.2, 0) is 29.1 Å². The van der Waals surface area contributed by atoms with Gasteiger partial charge in [0.05, 0.1) is 12.3 Å². The Hall–Kier alpha value is -3.48. The summed E-state index contributed by atoms with van der Waals surface area (Å²) < 4.78 is 31.6. The molecule has 0 spiro atoms. The number of fused-ring (bicyclic) bond motifs is 1. The molecule has 0 radical (unpaired) electrons. The molecule has 2 aliphatic rings. The van der Waals surface area contributed by atoms with Gasteiger partial charge in [0.1, 0.15) is 10.6 Å². The molecule has 0 bridgehead atoms. The number of amidine groups is 1. The molecule has 180 valence electrons. The van der Waals surface area contributed by atoms with Crippen molar-refractivity contribution in [3.05, 3.63) is 53.6 Å². The second kappa shape index (κ2) is 8.38. The second-order valence-electron chi connectivity index (χ2n) is 8.55. The Morgan fingerprint density at radius 3 is 2.62 bits per heavy atom. The molecule has 34 heavy (non-hydrogen) atoms. The lowest BCUT2D eigenvalue weighted by Crippen LogP contribution is -2.55. The van der Waals surface area contributed by atoms with Gasteiger partial charge in [-0.15, -0.1) is 0 Å². The number of aliphatic hydroxyl groups excluding tert-OH is 1. The molecule has 0 saturated carbocycles. The first-order valence-corrected chi connectivity index (χ1v) is 11.9. The van der Waals surface area contributed by atoms with Crippen LogP contribution in [0, 0.1) is 5.41 Å². The van der Waals surface area contributed by atoms with E-state index < -0.39 is 38.8 Å². The minimum Gasteiger partial charge on any atom is -0.384 e. The van der Waals surface area contributed by atoms with Crippen molar-refractivity contribution >= 4 is 44.7 Å². The van der Waals surface area contributed by atoms with E-state index in [1.807, 2.05) is 0 Å². The number of hydrogen-bond donors (Lipinski definition) is 5. The van der Waals surface area contributed by atoms with Crippen LogP contribution in [0.3, 0.4) is 0 Å². The summed E-state index contributed by atoms with van der Waals surface area (Å²) >= 11 is 0. The van der Waals surface area contributed by atoms with E-state index in [-0.39, 0.29) is 19.0 Å². The molecule has 0 aliphatic carbocycles. The Labute approximate surface area is 196 Å². The van der Waals surface area contributed by atoms with Gasteiger partial charge in [-0.2, -0.15) is 0 Å². The van der Waals surface area contributed by atoms with Crippen molar-refractivity contribution in [2.45, 2.75) is 30.8 Å². The van der Waals surface area contributed by atoms with Gasteiger partial charge in [0, 0.05) is 29.0 Å². The second-order valence-corrected chi connectivity index (χ2v) is 10.8. The number of nitrogens with zero attached hydrogens (tertiary/aromatic N) is 1. The van der Waals surface area contributed by atoms with E-state index in [0.717, 1.165) is 0 Å². The monoisotopic (exact) mass is 487 g/mol. The number of ether oxygens (including phenoxy) is 1. The predicted octanol–water partition coefficient (Wildman–Crippen LogP) is 0.692. The van der Waals surface area contributed by atoms with Gasteiger partial charge in [0.2, 0.25) is 10.0 Å². The normalized spacial score (nSPS) is 21.3. The van der Waals surface area contributed by atoms with E-state index in [0.29, 0.717) is 28.2 Å². The van der Waals surface area contributed by atoms with Crippen molar-refractivity contribution in [3.8, 4) is 0 Å². The Kier molecular flexibility index (Phi) is 5.84. The molecule has 2 heterocycles. The standard InChI is InChI=1S/C22H25N5O6S/c1-22(2)15-11-14(7-8-16(15)26-34(22,31)32)27-9-10-33-18(21(27)30)17(28)20(29)25-13-5-3-12(4-6-13)19(23)24/h3-8,11,17-18,26,28H,9-10H2,1-2H3,(H3,23,24)(H,25,29)/t17-,18-/m1/s1. The number of carbonyl (C=O) groups excluding carboxylic acids is 2. The lowest BCUT2D eigenvalue weighted by atomic mass is 9.99. The Balaban J connectivity index is 1.51. The van der Waals surface area contributed by atoms with Gasteiger partial charge < -0.3 is 25.8 Å². The first-order chi connectivity index (χ1) is 15.9. The summed E-state index contributed by atoms with van der Waals surface area (Å²) in [5.74, 6) is -1.57. The van der Waals surface area contributed by atoms with Gasteiger partial charge in [-0.3, -0.25) is 19.7 Å². The highest BCUT2D eigenvalue weighted by atomic mass is 32.2. The molecule has 4 rings (SSSR count). The molecule has 6 N–H and O–H groups in total. The van der Waals surface area contributed by atoms with E-state index >= 15 is 0 Å². The van der Waals surface area contributed by atoms with Crippen molar-refractivity contribution in [2.75, 3.05) is 28.1 Å². The van der Waals surface area contributed by atoms with Crippen LogP contribution in [0.5, 0.6) is 0 Å². The van der Waals surface area contributed by atoms with Crippen LogP contribution in [0.1, 0.15) is 25.0 Å². The van der Waals surface area contributed by atoms with Crippen LogP contribution >= 0.6 is 0 Å². The van der Waals surface area contributed by atoms with Crippen LogP contribution in [-0.4, -0.2) is 56.5 Å². The van der Waals surface area contributed by atoms with Crippen molar-refractivity contribution in [2.24, 2.45) is 5.73 Å². The molecular weight excluding hydrogens is 462 g/mol. The molecule has 1 fully saturated rings. The molecule has 2 atom stereocenters. The zero-order valence-electron chi connectivity index (χ0n) is 18.5. The molecule has 2 aromatic carbocycles. The maximum absolute atomic E-state index is 13.1. The van der Waals surface area contributed by atoms with Gasteiger partial charge in [-0.25, -0.2) is 8.42 Å². The maximum Gasteiger partial charge on any atom is 0.259 e. The van der Waals surface area contributed by atoms with Crippen molar-refractivity contribution in [1.82, 2.24) is 0 Å². The van der Waals surface area contributed by atoms with E-state index in [2.05, 4.69) is 10.0 Å². The molecule has 2 amide bonds. The Morgan fingerprint density at radius 2 is 1.97 bits per heavy atom. The summed E-state index contributed by atoms with van der Waals surface area (Å²) in [5, 5.41) is 20.5. The third kappa shape index (κ3) is 4.00. The smallest absolute Gasteiger partial charge is 0.259 e. The highest BCUT2D eigenvalue weighted by molar-refractivity contribution is 7.94. The SMILES string of the molecule is CC1(C)c2cc(N3CCO[C@H]([C@@H](O)C(=O)Nc4ccc(C(=N)N)cc4)C3=O)ccc2NS1(=O)=O. The Morgan fingerprint density at radius 1 is 1.29 bits per heavy atom. The van der Waals surface area contributed by atoms with Gasteiger partial charge in [-0.05, 0) is 56.3 Å². The first kappa shape index (κ1) is 23.7. The Bertz CT molecular complexity index is 1280. The summed E-state index contributed by atoms with van der Waals surface area (Å²) in [6.07, 6.45) is -3.22. The molecule has 12 heteroatoms. The average molecular weight is 488 g/mol. The van der Waals surface area contributed by atoms with Crippen LogP contribution in [0.4, 0.5) is 17.1 Å². The van der Waals surface area contributed by atoms with Crippen LogP contribution in [0.15, 0.2) is 42.5 Å². The van der Waals surface area contributed by atoms with Crippen LogP contribution in [0.25, 0.3) is 0 Å². The molecule has 2 aromatic rings. The number of amides is 2. The number of morpholine rings is 1. The minimum atomic E-state index is -3.61. The summed E-state index contributed by atoms with van der Waals surface area (Å²) in [4.78, 5) is 27.1. The van der Waals surface area contributed by atoms with E-state index in [1.165, 1.54) is 17.0 Å². The number of rotatable bonds is 5. The van der Waals surface area contributed by atoms with Gasteiger partial charge in [0.15, 0.2) is 12.2 Å². The van der Waals surface area contributed by atoms with Crippen molar-refractivity contribution in [1.29, 1.82) is 5.41 Å². The summed E-state index contributed by atoms with van der Waals surface area (Å²) in [5.41, 5.74) is 7.64. The zero-order chi connectivity index (χ0) is 24.8. The number of sulfonamides is 1. The third-order valence-electron chi connectivity index (χ3n) is 6.02. The fraction of sp³-hybridized carbons (Fsp3) is 0.318. The largest absolute Gasteiger partial charge is 0.384 e. The van der Waals surface area contributed by atoms with Crippen LogP contribution in [0.2, 0.25) is 0 Å². The lowest BCUT2D eigenvalue weighted by molar-refractivity contribution is -0.150. The number of nitrogen functional groups attached to an aromatic ring is 1. The topological polar surface area (TPSA) is 175 Å². The summed E-state index contributed by atoms with van der Waals surface area (Å²) in [6.45, 7) is 3.40. The number of anilines is 3. The molecule has 0 aromatic heterocycles. The molecular formula is C22H25N5O6S. The van der Waals surface area contributed by atoms with E-state index in [1.54, 1.807) is 44.2 Å². The van der Waals surface area contributed by atoms with Crippen LogP contribution < -0.4 is 20.7 Å². The number of nitrogens with two attached hydrogens (primary N) is 1. The highest BCUT2D eigenvalue weighted by Crippen LogP contribution is 2.44. The first-order valence-electron chi connectivity index (χ1n) is 10.5. The quantitative estimate of drug-likeness (QED) is 0.304. The number of benzene rings is 2. The fourth-order valence-electron chi connectivity index (χ4n) is 3.88. The molecule has 2 aliphatic heterocycles.